The highest BCUT2D eigenvalue weighted by Crippen LogP contribution is 2.16. The van der Waals surface area contributed by atoms with Gasteiger partial charge in [0.05, 0.1) is 7.11 Å². The molecule has 1 atom stereocenters. The van der Waals surface area contributed by atoms with E-state index < -0.39 is 0 Å². The van der Waals surface area contributed by atoms with E-state index in [0.29, 0.717) is 17.9 Å². The molecule has 1 fully saturated rings. The summed E-state index contributed by atoms with van der Waals surface area (Å²) in [4.78, 5) is 15.2. The fourth-order valence-electron chi connectivity index (χ4n) is 2.76. The topological polar surface area (TPSA) is 63.2 Å². The van der Waals surface area contributed by atoms with E-state index in [2.05, 4.69) is 31.2 Å². The average molecular weight is 299 g/mol. The zero-order chi connectivity index (χ0) is 15.2. The van der Waals surface area contributed by atoms with Crippen molar-refractivity contribution in [1.29, 1.82) is 0 Å². The van der Waals surface area contributed by atoms with Crippen molar-refractivity contribution in [2.24, 2.45) is 0 Å². The number of likely N-dealkylation sites (tertiary alicyclic amines) is 1. The van der Waals surface area contributed by atoms with Gasteiger partial charge in [-0.2, -0.15) is 0 Å². The van der Waals surface area contributed by atoms with Crippen molar-refractivity contribution in [3.05, 3.63) is 42.4 Å². The summed E-state index contributed by atoms with van der Waals surface area (Å²) in [6.45, 7) is 3.01. The second-order valence-electron chi connectivity index (χ2n) is 5.50. The van der Waals surface area contributed by atoms with Crippen LogP contribution < -0.4 is 10.1 Å². The zero-order valence-corrected chi connectivity index (χ0v) is 12.8. The van der Waals surface area contributed by atoms with E-state index in [4.69, 9.17) is 4.74 Å². The van der Waals surface area contributed by atoms with Crippen LogP contribution in [0.25, 0.3) is 0 Å². The number of piperidine rings is 1. The minimum absolute atomic E-state index is 0.391. The van der Waals surface area contributed by atoms with Gasteiger partial charge in [-0.1, -0.05) is 6.07 Å². The minimum atomic E-state index is 0.391. The Morgan fingerprint density at radius 3 is 2.86 bits per heavy atom. The third-order valence-corrected chi connectivity index (χ3v) is 3.82. The van der Waals surface area contributed by atoms with Gasteiger partial charge < -0.3 is 10.1 Å². The van der Waals surface area contributed by atoms with Crippen LogP contribution in [0.4, 0.5) is 5.95 Å². The zero-order valence-electron chi connectivity index (χ0n) is 12.8. The number of hydrogen-bond acceptors (Lipinski definition) is 6. The maximum absolute atomic E-state index is 5.09. The third-order valence-electron chi connectivity index (χ3n) is 3.82. The summed E-state index contributed by atoms with van der Waals surface area (Å²) in [5.74, 6) is 1.36. The lowest BCUT2D eigenvalue weighted by Crippen LogP contribution is -2.41. The van der Waals surface area contributed by atoms with Crippen molar-refractivity contribution < 1.29 is 4.74 Å². The maximum atomic E-state index is 5.09. The highest BCUT2D eigenvalue weighted by atomic mass is 16.5. The summed E-state index contributed by atoms with van der Waals surface area (Å²) in [5.41, 5.74) is 1.21. The molecule has 3 rings (SSSR count). The highest BCUT2D eigenvalue weighted by molar-refractivity contribution is 5.25. The molecular formula is C16H21N5O. The highest BCUT2D eigenvalue weighted by Gasteiger charge is 2.20. The number of ether oxygens (including phenoxy) is 1. The van der Waals surface area contributed by atoms with E-state index in [-0.39, 0.29) is 0 Å². The van der Waals surface area contributed by atoms with Crippen molar-refractivity contribution in [2.75, 3.05) is 25.5 Å². The molecule has 0 spiro atoms. The van der Waals surface area contributed by atoms with Gasteiger partial charge in [-0.25, -0.2) is 15.0 Å². The number of hydrogen-bond donors (Lipinski definition) is 1. The van der Waals surface area contributed by atoms with Crippen LogP contribution in [-0.4, -0.2) is 46.1 Å². The fraction of sp³-hybridized carbons (Fsp3) is 0.438. The third kappa shape index (κ3) is 3.92. The number of pyridine rings is 1. The summed E-state index contributed by atoms with van der Waals surface area (Å²) in [5, 5.41) is 3.42. The van der Waals surface area contributed by atoms with Crippen LogP contribution in [0.3, 0.4) is 0 Å². The van der Waals surface area contributed by atoms with Crippen LogP contribution in [0.5, 0.6) is 5.88 Å². The first-order valence-corrected chi connectivity index (χ1v) is 7.58. The van der Waals surface area contributed by atoms with Gasteiger partial charge in [-0.05, 0) is 31.0 Å². The fourth-order valence-corrected chi connectivity index (χ4v) is 2.76. The number of nitrogens with one attached hydrogen (secondary N) is 1. The Kier molecular flexibility index (Phi) is 4.80. The van der Waals surface area contributed by atoms with Gasteiger partial charge >= 0.3 is 0 Å². The second kappa shape index (κ2) is 7.17. The Hall–Kier alpha value is -2.21. The molecule has 1 saturated heterocycles. The summed E-state index contributed by atoms with van der Waals surface area (Å²) in [6.07, 6.45) is 7.73. The standard InChI is InChI=1S/C16H21N5O/c1-22-15-6-5-13(10-19-15)11-21-9-2-4-14(12-21)20-16-17-7-3-8-18-16/h3,5-8,10,14H,2,4,9,11-12H2,1H3,(H,17,18,20). The van der Waals surface area contributed by atoms with Gasteiger partial charge in [0.25, 0.3) is 0 Å². The molecule has 1 aliphatic heterocycles. The molecule has 3 heterocycles. The van der Waals surface area contributed by atoms with Crippen molar-refractivity contribution in [3.8, 4) is 5.88 Å². The molecule has 116 valence electrons. The average Bonchev–Trinajstić information content (AvgIpc) is 2.57. The van der Waals surface area contributed by atoms with Gasteiger partial charge in [-0.15, -0.1) is 0 Å². The number of rotatable bonds is 5. The van der Waals surface area contributed by atoms with Crippen molar-refractivity contribution in [2.45, 2.75) is 25.4 Å². The van der Waals surface area contributed by atoms with E-state index in [0.717, 1.165) is 26.1 Å². The number of nitrogens with zero attached hydrogens (tertiary/aromatic N) is 4. The van der Waals surface area contributed by atoms with Gasteiger partial charge in [0, 0.05) is 43.8 Å². The van der Waals surface area contributed by atoms with Crippen molar-refractivity contribution in [1.82, 2.24) is 19.9 Å². The molecule has 22 heavy (non-hydrogen) atoms. The van der Waals surface area contributed by atoms with Crippen LogP contribution in [-0.2, 0) is 6.54 Å². The van der Waals surface area contributed by atoms with Gasteiger partial charge in [0.15, 0.2) is 0 Å². The first kappa shape index (κ1) is 14.7. The Balaban J connectivity index is 1.55. The van der Waals surface area contributed by atoms with Crippen LogP contribution in [0.2, 0.25) is 0 Å². The first-order chi connectivity index (χ1) is 10.8. The van der Waals surface area contributed by atoms with E-state index in [9.17, 15) is 0 Å². The van der Waals surface area contributed by atoms with E-state index in [1.54, 1.807) is 19.5 Å². The van der Waals surface area contributed by atoms with Gasteiger partial charge in [0.2, 0.25) is 11.8 Å². The van der Waals surface area contributed by atoms with Crippen LogP contribution >= 0.6 is 0 Å². The Morgan fingerprint density at radius 2 is 2.14 bits per heavy atom. The summed E-state index contributed by atoms with van der Waals surface area (Å²) < 4.78 is 5.09. The lowest BCUT2D eigenvalue weighted by Gasteiger charge is -2.33. The molecule has 6 nitrogen and oxygen atoms in total. The molecule has 0 saturated carbocycles. The lowest BCUT2D eigenvalue weighted by molar-refractivity contribution is 0.208. The van der Waals surface area contributed by atoms with Crippen molar-refractivity contribution in [3.63, 3.8) is 0 Å². The molecule has 0 aliphatic carbocycles. The van der Waals surface area contributed by atoms with Crippen LogP contribution in [0.15, 0.2) is 36.8 Å². The quantitative estimate of drug-likeness (QED) is 0.910. The predicted molar refractivity (Wildman–Crippen MR) is 84.7 cm³/mol. The maximum Gasteiger partial charge on any atom is 0.222 e. The van der Waals surface area contributed by atoms with E-state index in [1.807, 2.05) is 18.3 Å². The molecule has 1 N–H and O–H groups in total. The summed E-state index contributed by atoms with van der Waals surface area (Å²) in [7, 11) is 1.63. The molecule has 0 radical (unpaired) electrons. The summed E-state index contributed by atoms with van der Waals surface area (Å²) >= 11 is 0. The SMILES string of the molecule is COc1ccc(CN2CCCC(Nc3ncccn3)C2)cn1. The molecule has 2 aromatic rings. The van der Waals surface area contributed by atoms with Crippen LogP contribution in [0.1, 0.15) is 18.4 Å². The van der Waals surface area contributed by atoms with Gasteiger partial charge in [-0.3, -0.25) is 4.90 Å². The van der Waals surface area contributed by atoms with Crippen LogP contribution in [0, 0.1) is 0 Å². The number of aromatic nitrogens is 3. The van der Waals surface area contributed by atoms with Crippen molar-refractivity contribution >= 4 is 5.95 Å². The Bertz CT molecular complexity index is 575. The Morgan fingerprint density at radius 1 is 1.27 bits per heavy atom. The number of anilines is 1. The van der Waals surface area contributed by atoms with Gasteiger partial charge in [0.1, 0.15) is 0 Å². The van der Waals surface area contributed by atoms with E-state index >= 15 is 0 Å². The Labute approximate surface area is 130 Å². The predicted octanol–water partition coefficient (Wildman–Crippen LogP) is 1.96. The number of methoxy groups -OCH3 is 1. The molecule has 0 bridgehead atoms. The second-order valence-corrected chi connectivity index (χ2v) is 5.50. The normalized spacial score (nSPS) is 18.9. The summed E-state index contributed by atoms with van der Waals surface area (Å²) in [6, 6.07) is 6.20. The monoisotopic (exact) mass is 299 g/mol. The largest absolute Gasteiger partial charge is 0.481 e. The first-order valence-electron chi connectivity index (χ1n) is 7.58. The molecular weight excluding hydrogens is 278 g/mol. The smallest absolute Gasteiger partial charge is 0.222 e. The molecule has 0 amide bonds. The molecule has 0 aromatic carbocycles. The minimum Gasteiger partial charge on any atom is -0.481 e. The molecule has 2 aromatic heterocycles. The molecule has 1 aliphatic rings. The lowest BCUT2D eigenvalue weighted by atomic mass is 10.1. The van der Waals surface area contributed by atoms with E-state index in [1.165, 1.54) is 12.0 Å². The molecule has 1 unspecified atom stereocenters. The molecule has 6 heteroatoms.